The molecule has 33 heavy (non-hydrogen) atoms. The number of ketones is 1. The number of amides is 1. The standard InChI is InChI=1S/C27H27NO5/c1-3-4-7-16-32-20-14-12-19(13-15-20)25(29)23-24(22-11-8-17-33-22)28(27(31)26(23)30)21-10-6-5-9-18(21)2/h5-6,8-15,17,24,29H,3-4,7,16H2,1-2H3/b25-23-. The molecule has 4 rings (SSSR count). The van der Waals surface area contributed by atoms with Crippen molar-refractivity contribution in [1.29, 1.82) is 0 Å². The SMILES string of the molecule is CCCCCOc1ccc(/C(O)=C2/C(=O)C(=O)N(c3ccccc3C)C2c2ccco2)cc1. The van der Waals surface area contributed by atoms with Crippen LogP contribution in [0.1, 0.15) is 49.1 Å². The fourth-order valence-corrected chi connectivity index (χ4v) is 4.04. The zero-order chi connectivity index (χ0) is 23.4. The summed E-state index contributed by atoms with van der Waals surface area (Å²) in [5.41, 5.74) is 1.85. The molecule has 1 saturated heterocycles. The third-order valence-corrected chi connectivity index (χ3v) is 5.78. The van der Waals surface area contributed by atoms with Crippen molar-refractivity contribution in [2.75, 3.05) is 11.5 Å². The average Bonchev–Trinajstić information content (AvgIpc) is 3.44. The van der Waals surface area contributed by atoms with Gasteiger partial charge in [0.1, 0.15) is 23.3 Å². The van der Waals surface area contributed by atoms with Gasteiger partial charge in [0, 0.05) is 11.3 Å². The maximum Gasteiger partial charge on any atom is 0.300 e. The Morgan fingerprint density at radius 3 is 2.45 bits per heavy atom. The van der Waals surface area contributed by atoms with E-state index in [2.05, 4.69) is 6.92 Å². The minimum Gasteiger partial charge on any atom is -0.507 e. The number of ether oxygens (including phenoxy) is 1. The van der Waals surface area contributed by atoms with Gasteiger partial charge in [-0.2, -0.15) is 0 Å². The first kappa shape index (κ1) is 22.4. The van der Waals surface area contributed by atoms with Crippen molar-refractivity contribution in [3.8, 4) is 5.75 Å². The molecule has 6 nitrogen and oxygen atoms in total. The van der Waals surface area contributed by atoms with Gasteiger partial charge in [-0.25, -0.2) is 0 Å². The largest absolute Gasteiger partial charge is 0.507 e. The van der Waals surface area contributed by atoms with Crippen LogP contribution >= 0.6 is 0 Å². The molecule has 0 radical (unpaired) electrons. The van der Waals surface area contributed by atoms with Crippen molar-refractivity contribution in [3.63, 3.8) is 0 Å². The van der Waals surface area contributed by atoms with Gasteiger partial charge in [0.05, 0.1) is 18.4 Å². The van der Waals surface area contributed by atoms with Gasteiger partial charge >= 0.3 is 0 Å². The number of anilines is 1. The fraction of sp³-hybridized carbons (Fsp3) is 0.259. The predicted octanol–water partition coefficient (Wildman–Crippen LogP) is 5.78. The number of carbonyl (C=O) groups is 2. The number of benzene rings is 2. The third-order valence-electron chi connectivity index (χ3n) is 5.78. The highest BCUT2D eigenvalue weighted by molar-refractivity contribution is 6.51. The number of hydrogen-bond acceptors (Lipinski definition) is 5. The summed E-state index contributed by atoms with van der Waals surface area (Å²) >= 11 is 0. The molecule has 1 aliphatic heterocycles. The first-order valence-electron chi connectivity index (χ1n) is 11.2. The number of hydrogen-bond donors (Lipinski definition) is 1. The van der Waals surface area contributed by atoms with Crippen LogP contribution in [0.25, 0.3) is 5.76 Å². The summed E-state index contributed by atoms with van der Waals surface area (Å²) in [7, 11) is 0. The molecule has 1 aromatic heterocycles. The van der Waals surface area contributed by atoms with Crippen molar-refractivity contribution in [2.45, 2.75) is 39.2 Å². The van der Waals surface area contributed by atoms with Gasteiger partial charge in [0.2, 0.25) is 0 Å². The van der Waals surface area contributed by atoms with E-state index in [-0.39, 0.29) is 11.3 Å². The number of para-hydroxylation sites is 1. The molecule has 1 N–H and O–H groups in total. The lowest BCUT2D eigenvalue weighted by Gasteiger charge is -2.24. The first-order valence-corrected chi connectivity index (χ1v) is 11.2. The normalized spacial score (nSPS) is 17.5. The summed E-state index contributed by atoms with van der Waals surface area (Å²) in [5.74, 6) is -0.621. The highest BCUT2D eigenvalue weighted by atomic mass is 16.5. The van der Waals surface area contributed by atoms with Crippen LogP contribution in [0.4, 0.5) is 5.69 Å². The van der Waals surface area contributed by atoms with E-state index in [1.807, 2.05) is 19.1 Å². The molecule has 2 heterocycles. The molecule has 1 atom stereocenters. The number of aryl methyl sites for hydroxylation is 1. The molecular formula is C27H27NO5. The Bertz CT molecular complexity index is 1160. The van der Waals surface area contributed by atoms with Crippen molar-refractivity contribution >= 4 is 23.1 Å². The second-order valence-electron chi connectivity index (χ2n) is 8.05. The average molecular weight is 446 g/mol. The maximum absolute atomic E-state index is 13.1. The molecule has 1 amide bonds. The van der Waals surface area contributed by atoms with Crippen LogP contribution in [0, 0.1) is 6.92 Å². The molecule has 0 aliphatic carbocycles. The van der Waals surface area contributed by atoms with Gasteiger partial charge < -0.3 is 14.3 Å². The molecule has 0 saturated carbocycles. The lowest BCUT2D eigenvalue weighted by Crippen LogP contribution is -2.29. The molecule has 0 spiro atoms. The zero-order valence-electron chi connectivity index (χ0n) is 18.8. The van der Waals surface area contributed by atoms with Crippen molar-refractivity contribution in [2.24, 2.45) is 0 Å². The Kier molecular flexibility index (Phi) is 6.63. The van der Waals surface area contributed by atoms with Crippen LogP contribution in [0.3, 0.4) is 0 Å². The Balaban J connectivity index is 1.72. The van der Waals surface area contributed by atoms with Crippen molar-refractivity contribution < 1.29 is 23.8 Å². The lowest BCUT2D eigenvalue weighted by atomic mass is 9.99. The van der Waals surface area contributed by atoms with Crippen LogP contribution in [-0.2, 0) is 9.59 Å². The molecule has 2 aromatic carbocycles. The van der Waals surface area contributed by atoms with Crippen LogP contribution in [-0.4, -0.2) is 23.4 Å². The van der Waals surface area contributed by atoms with Gasteiger partial charge in [0.15, 0.2) is 0 Å². The Morgan fingerprint density at radius 1 is 1.03 bits per heavy atom. The topological polar surface area (TPSA) is 80.0 Å². The predicted molar refractivity (Wildman–Crippen MR) is 126 cm³/mol. The second kappa shape index (κ2) is 9.77. The zero-order valence-corrected chi connectivity index (χ0v) is 18.8. The number of rotatable bonds is 8. The highest BCUT2D eigenvalue weighted by Gasteiger charge is 2.48. The minimum atomic E-state index is -0.869. The number of aliphatic hydroxyl groups excluding tert-OH is 1. The van der Waals surface area contributed by atoms with Gasteiger partial charge in [-0.15, -0.1) is 0 Å². The summed E-state index contributed by atoms with van der Waals surface area (Å²) < 4.78 is 11.3. The number of aliphatic hydroxyl groups is 1. The number of furan rings is 1. The van der Waals surface area contributed by atoms with Crippen LogP contribution < -0.4 is 9.64 Å². The number of Topliss-reactive ketones (excluding diaryl/α,β-unsaturated/α-hetero) is 1. The molecule has 1 aliphatic rings. The second-order valence-corrected chi connectivity index (χ2v) is 8.05. The summed E-state index contributed by atoms with van der Waals surface area (Å²) in [6, 6.07) is 16.7. The summed E-state index contributed by atoms with van der Waals surface area (Å²) in [6.07, 6.45) is 4.68. The summed E-state index contributed by atoms with van der Waals surface area (Å²) in [5, 5.41) is 11.1. The molecule has 3 aromatic rings. The van der Waals surface area contributed by atoms with E-state index in [4.69, 9.17) is 9.15 Å². The number of nitrogens with zero attached hydrogens (tertiary/aromatic N) is 1. The smallest absolute Gasteiger partial charge is 0.300 e. The van der Waals surface area contributed by atoms with E-state index in [1.165, 1.54) is 11.2 Å². The summed E-state index contributed by atoms with van der Waals surface area (Å²) in [4.78, 5) is 27.6. The third kappa shape index (κ3) is 4.42. The summed E-state index contributed by atoms with van der Waals surface area (Å²) in [6.45, 7) is 4.63. The lowest BCUT2D eigenvalue weighted by molar-refractivity contribution is -0.132. The van der Waals surface area contributed by atoms with E-state index in [1.54, 1.807) is 48.5 Å². The van der Waals surface area contributed by atoms with E-state index in [9.17, 15) is 14.7 Å². The van der Waals surface area contributed by atoms with E-state index in [0.29, 0.717) is 29.4 Å². The highest BCUT2D eigenvalue weighted by Crippen LogP contribution is 2.43. The molecule has 1 fully saturated rings. The quantitative estimate of drug-likeness (QED) is 0.206. The maximum atomic E-state index is 13.1. The Labute approximate surface area is 193 Å². The number of carbonyl (C=O) groups excluding carboxylic acids is 2. The first-order chi connectivity index (χ1) is 16.0. The van der Waals surface area contributed by atoms with Crippen molar-refractivity contribution in [3.05, 3.63) is 89.4 Å². The molecule has 6 heteroatoms. The van der Waals surface area contributed by atoms with Gasteiger partial charge in [-0.3, -0.25) is 14.5 Å². The molecule has 170 valence electrons. The Hall–Kier alpha value is -3.80. The van der Waals surface area contributed by atoms with E-state index in [0.717, 1.165) is 24.8 Å². The molecule has 1 unspecified atom stereocenters. The van der Waals surface area contributed by atoms with Crippen LogP contribution in [0.5, 0.6) is 5.75 Å². The van der Waals surface area contributed by atoms with Gasteiger partial charge in [-0.1, -0.05) is 38.0 Å². The van der Waals surface area contributed by atoms with E-state index < -0.39 is 17.7 Å². The van der Waals surface area contributed by atoms with E-state index >= 15 is 0 Å². The monoisotopic (exact) mass is 445 g/mol. The van der Waals surface area contributed by atoms with Crippen LogP contribution in [0.15, 0.2) is 76.9 Å². The van der Waals surface area contributed by atoms with Gasteiger partial charge in [0.25, 0.3) is 11.7 Å². The van der Waals surface area contributed by atoms with Crippen molar-refractivity contribution in [1.82, 2.24) is 0 Å². The van der Waals surface area contributed by atoms with Crippen LogP contribution in [0.2, 0.25) is 0 Å². The number of unbranched alkanes of at least 4 members (excludes halogenated alkanes) is 2. The molecule has 0 bridgehead atoms. The fourth-order valence-electron chi connectivity index (χ4n) is 4.04. The molecular weight excluding hydrogens is 418 g/mol. The van der Waals surface area contributed by atoms with Gasteiger partial charge in [-0.05, 0) is 61.4 Å². The Morgan fingerprint density at radius 2 is 1.79 bits per heavy atom. The minimum absolute atomic E-state index is 0.00480.